The van der Waals surface area contributed by atoms with Crippen LogP contribution in [-0.4, -0.2) is 58.1 Å². The molecule has 1 aromatic rings. The molecular weight excluding hydrogens is 276 g/mol. The molecule has 1 N–H and O–H groups in total. The van der Waals surface area contributed by atoms with Crippen LogP contribution in [-0.2, 0) is 4.79 Å². The molecule has 2 atom stereocenters. The van der Waals surface area contributed by atoms with Gasteiger partial charge in [-0.15, -0.1) is 0 Å². The van der Waals surface area contributed by atoms with Crippen LogP contribution in [0.2, 0.25) is 0 Å². The number of amides is 1. The highest BCUT2D eigenvalue weighted by molar-refractivity contribution is 5.81. The van der Waals surface area contributed by atoms with Crippen LogP contribution in [0.4, 0.5) is 0 Å². The lowest BCUT2D eigenvalue weighted by Crippen LogP contribution is -2.50. The predicted octanol–water partition coefficient (Wildman–Crippen LogP) is 2.38. The maximum absolute atomic E-state index is 12.9. The van der Waals surface area contributed by atoms with Crippen molar-refractivity contribution in [2.45, 2.75) is 57.4 Å². The molecule has 2 unspecified atom stereocenters. The second-order valence-electron chi connectivity index (χ2n) is 6.76. The zero-order chi connectivity index (χ0) is 15.4. The third-order valence-electron chi connectivity index (χ3n) is 5.24. The van der Waals surface area contributed by atoms with Crippen molar-refractivity contribution in [3.05, 3.63) is 18.0 Å². The van der Waals surface area contributed by atoms with Crippen LogP contribution >= 0.6 is 0 Å². The Morgan fingerprint density at radius 1 is 1.23 bits per heavy atom. The number of nitrogens with one attached hydrogen (secondary N) is 1. The molecular formula is C17H28N4O. The summed E-state index contributed by atoms with van der Waals surface area (Å²) in [5.41, 5.74) is 1.17. The number of carbonyl (C=O) groups excluding carboxylic acids is 1. The van der Waals surface area contributed by atoms with Gasteiger partial charge in [0.2, 0.25) is 5.91 Å². The number of piperidine rings is 1. The molecule has 2 saturated heterocycles. The highest BCUT2D eigenvalue weighted by atomic mass is 16.2. The van der Waals surface area contributed by atoms with Crippen LogP contribution in [0, 0.1) is 0 Å². The smallest absolute Gasteiger partial charge is 0.239 e. The van der Waals surface area contributed by atoms with Gasteiger partial charge >= 0.3 is 0 Å². The van der Waals surface area contributed by atoms with E-state index in [1.54, 1.807) is 6.20 Å². The summed E-state index contributed by atoms with van der Waals surface area (Å²) in [5, 5.41) is 7.12. The SMILES string of the molecule is CC(C(=O)N1CCCC(c2ccn[nH]2)C1)N1CCCCCC1. The molecule has 122 valence electrons. The summed E-state index contributed by atoms with van der Waals surface area (Å²) in [6.07, 6.45) is 9.11. The first-order valence-corrected chi connectivity index (χ1v) is 8.78. The van der Waals surface area contributed by atoms with Crippen molar-refractivity contribution in [1.29, 1.82) is 0 Å². The molecule has 0 spiro atoms. The zero-order valence-electron chi connectivity index (χ0n) is 13.6. The van der Waals surface area contributed by atoms with E-state index in [1.807, 2.05) is 6.07 Å². The largest absolute Gasteiger partial charge is 0.341 e. The highest BCUT2D eigenvalue weighted by Gasteiger charge is 2.30. The lowest BCUT2D eigenvalue weighted by atomic mass is 9.94. The van der Waals surface area contributed by atoms with Crippen molar-refractivity contribution >= 4 is 5.91 Å². The fourth-order valence-electron chi connectivity index (χ4n) is 3.83. The Morgan fingerprint density at radius 2 is 2.00 bits per heavy atom. The maximum atomic E-state index is 12.9. The van der Waals surface area contributed by atoms with E-state index >= 15 is 0 Å². The van der Waals surface area contributed by atoms with Crippen LogP contribution in [0.15, 0.2) is 12.3 Å². The van der Waals surface area contributed by atoms with E-state index in [1.165, 1.54) is 31.4 Å². The minimum absolute atomic E-state index is 0.0265. The van der Waals surface area contributed by atoms with Crippen molar-refractivity contribution in [1.82, 2.24) is 20.0 Å². The average molecular weight is 304 g/mol. The van der Waals surface area contributed by atoms with E-state index in [2.05, 4.69) is 26.9 Å². The van der Waals surface area contributed by atoms with Crippen molar-refractivity contribution in [3.8, 4) is 0 Å². The number of aromatic nitrogens is 2. The molecule has 1 aromatic heterocycles. The monoisotopic (exact) mass is 304 g/mol. The fraction of sp³-hybridized carbons (Fsp3) is 0.765. The number of carbonyl (C=O) groups is 1. The molecule has 0 aliphatic carbocycles. The molecule has 0 saturated carbocycles. The van der Waals surface area contributed by atoms with Gasteiger partial charge in [0.1, 0.15) is 0 Å². The predicted molar refractivity (Wildman–Crippen MR) is 86.6 cm³/mol. The second-order valence-corrected chi connectivity index (χ2v) is 6.76. The summed E-state index contributed by atoms with van der Waals surface area (Å²) >= 11 is 0. The lowest BCUT2D eigenvalue weighted by molar-refractivity contribution is -0.137. The van der Waals surface area contributed by atoms with E-state index in [0.717, 1.165) is 39.0 Å². The standard InChI is InChI=1S/C17H28N4O/c1-14(20-10-4-2-3-5-11-20)17(22)21-12-6-7-15(13-21)16-8-9-18-19-16/h8-9,14-15H,2-7,10-13H2,1H3,(H,18,19). The molecule has 3 heterocycles. The molecule has 22 heavy (non-hydrogen) atoms. The van der Waals surface area contributed by atoms with Crippen molar-refractivity contribution in [2.75, 3.05) is 26.2 Å². The molecule has 0 aromatic carbocycles. The van der Waals surface area contributed by atoms with E-state index in [9.17, 15) is 4.79 Å². The molecule has 1 amide bonds. The molecule has 2 aliphatic heterocycles. The van der Waals surface area contributed by atoms with E-state index in [4.69, 9.17) is 0 Å². The minimum Gasteiger partial charge on any atom is -0.341 e. The Labute approximate surface area is 133 Å². The van der Waals surface area contributed by atoms with Gasteiger partial charge in [-0.25, -0.2) is 0 Å². The molecule has 5 nitrogen and oxygen atoms in total. The van der Waals surface area contributed by atoms with E-state index in [0.29, 0.717) is 11.8 Å². The average Bonchev–Trinajstić information content (AvgIpc) is 2.96. The summed E-state index contributed by atoms with van der Waals surface area (Å²) in [6.45, 7) is 5.98. The van der Waals surface area contributed by atoms with Gasteiger partial charge < -0.3 is 4.90 Å². The van der Waals surface area contributed by atoms with Gasteiger partial charge in [-0.2, -0.15) is 5.10 Å². The Kier molecular flexibility index (Phi) is 5.13. The van der Waals surface area contributed by atoms with Crippen LogP contribution in [0.1, 0.15) is 57.1 Å². The first-order valence-electron chi connectivity index (χ1n) is 8.78. The summed E-state index contributed by atoms with van der Waals surface area (Å²) in [7, 11) is 0. The summed E-state index contributed by atoms with van der Waals surface area (Å²) in [4.78, 5) is 17.3. The van der Waals surface area contributed by atoms with Crippen molar-refractivity contribution < 1.29 is 4.79 Å². The topological polar surface area (TPSA) is 52.2 Å². The number of rotatable bonds is 3. The number of nitrogens with zero attached hydrogens (tertiary/aromatic N) is 3. The molecule has 5 heteroatoms. The Hall–Kier alpha value is -1.36. The maximum Gasteiger partial charge on any atom is 0.239 e. The van der Waals surface area contributed by atoms with E-state index < -0.39 is 0 Å². The highest BCUT2D eigenvalue weighted by Crippen LogP contribution is 2.26. The van der Waals surface area contributed by atoms with Crippen LogP contribution < -0.4 is 0 Å². The van der Waals surface area contributed by atoms with Gasteiger partial charge in [-0.1, -0.05) is 12.8 Å². The minimum atomic E-state index is 0.0265. The summed E-state index contributed by atoms with van der Waals surface area (Å²) in [6, 6.07) is 2.07. The van der Waals surface area contributed by atoms with Gasteiger partial charge in [-0.3, -0.25) is 14.8 Å². The number of likely N-dealkylation sites (tertiary alicyclic amines) is 2. The van der Waals surface area contributed by atoms with Crippen molar-refractivity contribution in [2.24, 2.45) is 0 Å². The molecule has 0 bridgehead atoms. The van der Waals surface area contributed by atoms with E-state index in [-0.39, 0.29) is 6.04 Å². The zero-order valence-corrected chi connectivity index (χ0v) is 13.6. The molecule has 2 aliphatic rings. The number of hydrogen-bond donors (Lipinski definition) is 1. The second kappa shape index (κ2) is 7.27. The Morgan fingerprint density at radius 3 is 2.68 bits per heavy atom. The Bertz CT molecular complexity index is 465. The molecule has 3 rings (SSSR count). The molecule has 0 radical (unpaired) electrons. The van der Waals surface area contributed by atoms with Gasteiger partial charge in [0.25, 0.3) is 0 Å². The fourth-order valence-corrected chi connectivity index (χ4v) is 3.83. The van der Waals surface area contributed by atoms with Crippen LogP contribution in [0.5, 0.6) is 0 Å². The van der Waals surface area contributed by atoms with Crippen LogP contribution in [0.3, 0.4) is 0 Å². The number of aromatic amines is 1. The third-order valence-corrected chi connectivity index (χ3v) is 5.24. The Balaban J connectivity index is 1.60. The van der Waals surface area contributed by atoms with Crippen molar-refractivity contribution in [3.63, 3.8) is 0 Å². The van der Waals surface area contributed by atoms with Gasteiger partial charge in [-0.05, 0) is 51.8 Å². The summed E-state index contributed by atoms with van der Waals surface area (Å²) < 4.78 is 0. The third kappa shape index (κ3) is 3.51. The first kappa shape index (κ1) is 15.5. The number of hydrogen-bond acceptors (Lipinski definition) is 3. The normalized spacial score (nSPS) is 25.7. The molecule has 2 fully saturated rings. The number of H-pyrrole nitrogens is 1. The quantitative estimate of drug-likeness (QED) is 0.933. The first-order chi connectivity index (χ1) is 10.8. The lowest BCUT2D eigenvalue weighted by Gasteiger charge is -2.36. The van der Waals surface area contributed by atoms with Gasteiger partial charge in [0.15, 0.2) is 0 Å². The van der Waals surface area contributed by atoms with Gasteiger partial charge in [0, 0.05) is 30.9 Å². The summed E-state index contributed by atoms with van der Waals surface area (Å²) in [5.74, 6) is 0.725. The van der Waals surface area contributed by atoms with Gasteiger partial charge in [0.05, 0.1) is 6.04 Å². The van der Waals surface area contributed by atoms with Crippen LogP contribution in [0.25, 0.3) is 0 Å².